The molecule has 21 heavy (non-hydrogen) atoms. The largest absolute Gasteiger partial charge is 0.334 e. The van der Waals surface area contributed by atoms with Crippen LogP contribution in [0.3, 0.4) is 0 Å². The smallest absolute Gasteiger partial charge is 0.297 e. The van der Waals surface area contributed by atoms with Gasteiger partial charge in [0.15, 0.2) is 0 Å². The van der Waals surface area contributed by atoms with Gasteiger partial charge in [-0.2, -0.15) is 5.26 Å². The van der Waals surface area contributed by atoms with Crippen LogP contribution in [0, 0.1) is 11.3 Å². The fourth-order valence-electron chi connectivity index (χ4n) is 1.99. The van der Waals surface area contributed by atoms with E-state index < -0.39 is 11.2 Å². The van der Waals surface area contributed by atoms with Gasteiger partial charge in [-0.25, -0.2) is 9.36 Å². The number of hydrogen-bond donors (Lipinski definition) is 1. The van der Waals surface area contributed by atoms with Crippen LogP contribution in [-0.4, -0.2) is 9.55 Å². The number of benzene rings is 1. The predicted molar refractivity (Wildman–Crippen MR) is 81.5 cm³/mol. The average Bonchev–Trinajstić information content (AvgIpc) is 2.37. The lowest BCUT2D eigenvalue weighted by atomic mass is 10.1. The molecule has 0 radical (unpaired) electrons. The van der Waals surface area contributed by atoms with E-state index >= 15 is 0 Å². The predicted octanol–water partition coefficient (Wildman–Crippen LogP) is 2.83. The van der Waals surface area contributed by atoms with Crippen LogP contribution in [0.5, 0.6) is 0 Å². The maximum absolute atomic E-state index is 12.5. The van der Waals surface area contributed by atoms with Crippen molar-refractivity contribution in [2.75, 3.05) is 0 Å². The van der Waals surface area contributed by atoms with Gasteiger partial charge in [-0.15, -0.1) is 0 Å². The highest BCUT2D eigenvalue weighted by molar-refractivity contribution is 6.32. The van der Waals surface area contributed by atoms with Crippen LogP contribution in [0.2, 0.25) is 10.2 Å². The lowest BCUT2D eigenvalue weighted by Crippen LogP contribution is -2.36. The van der Waals surface area contributed by atoms with Crippen molar-refractivity contribution >= 4 is 23.2 Å². The minimum Gasteiger partial charge on any atom is -0.297 e. The highest BCUT2D eigenvalue weighted by Gasteiger charge is 2.17. The van der Waals surface area contributed by atoms with Gasteiger partial charge in [0.2, 0.25) is 0 Å². The SMILES string of the molecule is CC(C)c1c(Cl)[nH]c(=O)n(-c2ccc(C#N)c(Cl)c2)c1=O. The Labute approximate surface area is 130 Å². The summed E-state index contributed by atoms with van der Waals surface area (Å²) in [4.78, 5) is 26.9. The summed E-state index contributed by atoms with van der Waals surface area (Å²) in [5.74, 6) is -0.151. The Kier molecular flexibility index (Phi) is 4.21. The Balaban J connectivity index is 2.79. The van der Waals surface area contributed by atoms with Gasteiger partial charge in [-0.05, 0) is 24.1 Å². The van der Waals surface area contributed by atoms with Crippen molar-refractivity contribution in [3.8, 4) is 11.8 Å². The summed E-state index contributed by atoms with van der Waals surface area (Å²) in [6.07, 6.45) is 0. The van der Waals surface area contributed by atoms with Crippen LogP contribution in [-0.2, 0) is 0 Å². The molecule has 0 atom stereocenters. The van der Waals surface area contributed by atoms with Crippen LogP contribution < -0.4 is 11.2 Å². The van der Waals surface area contributed by atoms with E-state index in [1.54, 1.807) is 13.8 Å². The second-order valence-corrected chi connectivity index (χ2v) is 5.51. The Morgan fingerprint density at radius 1 is 1.29 bits per heavy atom. The minimum absolute atomic E-state index is 0.0380. The third kappa shape index (κ3) is 2.73. The summed E-state index contributed by atoms with van der Waals surface area (Å²) in [6, 6.07) is 6.25. The number of halogens is 2. The van der Waals surface area contributed by atoms with Crippen molar-refractivity contribution in [3.05, 3.63) is 60.3 Å². The molecule has 5 nitrogen and oxygen atoms in total. The normalized spacial score (nSPS) is 10.7. The van der Waals surface area contributed by atoms with Crippen LogP contribution in [0.25, 0.3) is 5.69 Å². The second-order valence-electron chi connectivity index (χ2n) is 4.73. The first-order valence-electron chi connectivity index (χ1n) is 6.11. The van der Waals surface area contributed by atoms with Gasteiger partial charge in [0, 0.05) is 0 Å². The fraction of sp³-hybridized carbons (Fsp3) is 0.214. The second kappa shape index (κ2) is 5.76. The van der Waals surface area contributed by atoms with Gasteiger partial charge in [0.05, 0.1) is 21.8 Å². The molecule has 0 bridgehead atoms. The van der Waals surface area contributed by atoms with Gasteiger partial charge in [0.1, 0.15) is 11.2 Å². The molecule has 7 heteroatoms. The molecule has 1 aromatic heterocycles. The third-order valence-corrected chi connectivity index (χ3v) is 3.61. The van der Waals surface area contributed by atoms with Gasteiger partial charge in [-0.3, -0.25) is 9.78 Å². The molecule has 1 heterocycles. The van der Waals surface area contributed by atoms with Crippen molar-refractivity contribution in [3.63, 3.8) is 0 Å². The molecule has 0 amide bonds. The topological polar surface area (TPSA) is 78.7 Å². The Morgan fingerprint density at radius 3 is 2.48 bits per heavy atom. The quantitative estimate of drug-likeness (QED) is 0.863. The third-order valence-electron chi connectivity index (χ3n) is 3.00. The fourth-order valence-corrected chi connectivity index (χ4v) is 2.59. The molecule has 108 valence electrons. The van der Waals surface area contributed by atoms with Crippen LogP contribution in [0.4, 0.5) is 0 Å². The zero-order valence-corrected chi connectivity index (χ0v) is 12.8. The summed E-state index contributed by atoms with van der Waals surface area (Å²) < 4.78 is 0.953. The van der Waals surface area contributed by atoms with Crippen molar-refractivity contribution in [1.29, 1.82) is 5.26 Å². The molecule has 0 saturated carbocycles. The molecule has 0 spiro atoms. The summed E-state index contributed by atoms with van der Waals surface area (Å²) in [6.45, 7) is 3.61. The number of nitrogens with one attached hydrogen (secondary N) is 1. The summed E-state index contributed by atoms with van der Waals surface area (Å²) in [5.41, 5.74) is -0.293. The van der Waals surface area contributed by atoms with Crippen LogP contribution >= 0.6 is 23.2 Å². The lowest BCUT2D eigenvalue weighted by molar-refractivity contribution is 0.777. The number of nitrogens with zero attached hydrogens (tertiary/aromatic N) is 2. The number of aromatic amines is 1. The first kappa shape index (κ1) is 15.4. The van der Waals surface area contributed by atoms with Gasteiger partial charge >= 0.3 is 5.69 Å². The number of nitriles is 1. The molecule has 0 unspecified atom stereocenters. The first-order chi connectivity index (χ1) is 9.86. The number of aromatic nitrogens is 2. The maximum Gasteiger partial charge on any atom is 0.334 e. The molecule has 1 N–H and O–H groups in total. The maximum atomic E-state index is 12.5. The van der Waals surface area contributed by atoms with E-state index in [2.05, 4.69) is 4.98 Å². The lowest BCUT2D eigenvalue weighted by Gasteiger charge is -2.11. The number of rotatable bonds is 2. The summed E-state index contributed by atoms with van der Waals surface area (Å²) >= 11 is 11.9. The molecule has 0 saturated heterocycles. The molecule has 0 aliphatic rings. The number of H-pyrrole nitrogens is 1. The van der Waals surface area contributed by atoms with E-state index in [4.69, 9.17) is 28.5 Å². The van der Waals surface area contributed by atoms with E-state index in [0.29, 0.717) is 5.56 Å². The van der Waals surface area contributed by atoms with E-state index in [0.717, 1.165) is 4.57 Å². The average molecular weight is 324 g/mol. The highest BCUT2D eigenvalue weighted by atomic mass is 35.5. The van der Waals surface area contributed by atoms with E-state index in [-0.39, 0.29) is 27.3 Å². The zero-order valence-electron chi connectivity index (χ0n) is 11.3. The molecule has 2 rings (SSSR count). The molecular formula is C14H11Cl2N3O2. The first-order valence-corrected chi connectivity index (χ1v) is 6.87. The summed E-state index contributed by atoms with van der Waals surface area (Å²) in [7, 11) is 0. The standard InChI is InChI=1S/C14H11Cl2N3O2/c1-7(2)11-12(16)18-14(21)19(13(11)20)9-4-3-8(6-17)10(15)5-9/h3-5,7H,1-2H3,(H,18,21). The van der Waals surface area contributed by atoms with E-state index in [9.17, 15) is 9.59 Å². The van der Waals surface area contributed by atoms with Crippen LogP contribution in [0.15, 0.2) is 27.8 Å². The zero-order chi connectivity index (χ0) is 15.7. The highest BCUT2D eigenvalue weighted by Crippen LogP contribution is 2.20. The molecular weight excluding hydrogens is 313 g/mol. The van der Waals surface area contributed by atoms with Crippen molar-refractivity contribution in [1.82, 2.24) is 9.55 Å². The molecule has 1 aromatic carbocycles. The van der Waals surface area contributed by atoms with E-state index in [1.807, 2.05) is 6.07 Å². The molecule has 0 fully saturated rings. The van der Waals surface area contributed by atoms with E-state index in [1.165, 1.54) is 18.2 Å². The minimum atomic E-state index is -0.657. The van der Waals surface area contributed by atoms with Crippen molar-refractivity contribution in [2.24, 2.45) is 0 Å². The van der Waals surface area contributed by atoms with Crippen LogP contribution in [0.1, 0.15) is 30.9 Å². The Morgan fingerprint density at radius 2 is 1.95 bits per heavy atom. The van der Waals surface area contributed by atoms with Gasteiger partial charge < -0.3 is 0 Å². The monoisotopic (exact) mass is 323 g/mol. The Hall–Kier alpha value is -2.03. The van der Waals surface area contributed by atoms with Crippen molar-refractivity contribution in [2.45, 2.75) is 19.8 Å². The van der Waals surface area contributed by atoms with Gasteiger partial charge in [-0.1, -0.05) is 37.0 Å². The van der Waals surface area contributed by atoms with Gasteiger partial charge in [0.25, 0.3) is 5.56 Å². The molecule has 0 aliphatic carbocycles. The molecule has 0 aliphatic heterocycles. The van der Waals surface area contributed by atoms with Crippen molar-refractivity contribution < 1.29 is 0 Å². The summed E-state index contributed by atoms with van der Waals surface area (Å²) in [5, 5.41) is 9.06. The molecule has 2 aromatic rings. The number of hydrogen-bond acceptors (Lipinski definition) is 3. The Bertz CT molecular complexity index is 860.